The summed E-state index contributed by atoms with van der Waals surface area (Å²) < 4.78 is 9.04. The van der Waals surface area contributed by atoms with Crippen LogP contribution in [0.3, 0.4) is 0 Å². The Bertz CT molecular complexity index is 1630. The number of likely N-dealkylation sites (tertiary alicyclic amines) is 1. The number of aromatic hydroxyl groups is 1. The monoisotopic (exact) mass is 502 g/mol. The van der Waals surface area contributed by atoms with Gasteiger partial charge in [-0.05, 0) is 58.6 Å². The van der Waals surface area contributed by atoms with Crippen LogP contribution in [0.1, 0.15) is 45.2 Å². The number of rotatable bonds is 2. The van der Waals surface area contributed by atoms with Crippen LogP contribution in [0, 0.1) is 12.8 Å². The predicted octanol–water partition coefficient (Wildman–Crippen LogP) is 3.93. The van der Waals surface area contributed by atoms with Crippen LogP contribution in [0.5, 0.6) is 5.75 Å². The number of benzene rings is 1. The summed E-state index contributed by atoms with van der Waals surface area (Å²) in [6.45, 7) is 7.99. The topological polar surface area (TPSA) is 115 Å². The molecule has 1 N–H and O–H groups in total. The van der Waals surface area contributed by atoms with Crippen molar-refractivity contribution in [2.24, 2.45) is 13.0 Å². The van der Waals surface area contributed by atoms with Crippen LogP contribution in [0.4, 0.5) is 4.79 Å². The first kappa shape index (κ1) is 23.4. The third kappa shape index (κ3) is 3.82. The lowest BCUT2D eigenvalue weighted by molar-refractivity contribution is 0.0165. The molecule has 1 amide bonds. The molecule has 6 rings (SSSR count). The SMILES string of the molecule is Cc1c(O)c(-c2ncc3c(=O)n(C4CC5C[C@@H]4CN5C(=O)OC(C)(C)C)ccc3n2)cc2cn(C)nc12. The van der Waals surface area contributed by atoms with Gasteiger partial charge in [0.15, 0.2) is 5.82 Å². The summed E-state index contributed by atoms with van der Waals surface area (Å²) in [6, 6.07) is 3.73. The molecule has 3 aromatic heterocycles. The van der Waals surface area contributed by atoms with Gasteiger partial charge in [0.1, 0.15) is 11.4 Å². The highest BCUT2D eigenvalue weighted by Gasteiger charge is 2.48. The lowest BCUT2D eigenvalue weighted by Gasteiger charge is -2.33. The molecule has 2 aliphatic rings. The van der Waals surface area contributed by atoms with Gasteiger partial charge in [0.05, 0.1) is 22.0 Å². The summed E-state index contributed by atoms with van der Waals surface area (Å²) in [5, 5.41) is 16.5. The van der Waals surface area contributed by atoms with Crippen LogP contribution >= 0.6 is 0 Å². The van der Waals surface area contributed by atoms with Crippen molar-refractivity contribution in [3.8, 4) is 17.1 Å². The molecule has 4 aromatic rings. The molecule has 2 fully saturated rings. The summed E-state index contributed by atoms with van der Waals surface area (Å²) in [7, 11) is 1.83. The summed E-state index contributed by atoms with van der Waals surface area (Å²) in [5.74, 6) is 0.623. The third-order valence-electron chi connectivity index (χ3n) is 7.53. The number of amides is 1. The molecule has 192 valence electrons. The van der Waals surface area contributed by atoms with Gasteiger partial charge in [-0.1, -0.05) is 0 Å². The molecule has 1 aliphatic carbocycles. The van der Waals surface area contributed by atoms with E-state index in [0.29, 0.717) is 40.8 Å². The maximum atomic E-state index is 13.5. The van der Waals surface area contributed by atoms with E-state index in [-0.39, 0.29) is 35.4 Å². The molecular formula is C27H30N6O4. The van der Waals surface area contributed by atoms with Crippen molar-refractivity contribution in [2.45, 2.75) is 58.2 Å². The highest BCUT2D eigenvalue weighted by atomic mass is 16.6. The molecule has 10 heteroatoms. The van der Waals surface area contributed by atoms with E-state index in [0.717, 1.165) is 17.3 Å². The third-order valence-corrected chi connectivity index (χ3v) is 7.53. The zero-order valence-corrected chi connectivity index (χ0v) is 21.6. The summed E-state index contributed by atoms with van der Waals surface area (Å²) >= 11 is 0. The van der Waals surface area contributed by atoms with Crippen LogP contribution in [-0.4, -0.2) is 58.6 Å². The average molecular weight is 503 g/mol. The normalized spacial score (nSPS) is 21.3. The van der Waals surface area contributed by atoms with Gasteiger partial charge in [0.2, 0.25) is 0 Å². The van der Waals surface area contributed by atoms with E-state index in [1.807, 2.05) is 53.1 Å². The molecule has 0 radical (unpaired) electrons. The number of carbonyl (C=O) groups is 1. The van der Waals surface area contributed by atoms with Gasteiger partial charge in [-0.15, -0.1) is 0 Å². The molecular weight excluding hydrogens is 472 g/mol. The van der Waals surface area contributed by atoms with E-state index in [9.17, 15) is 14.7 Å². The van der Waals surface area contributed by atoms with Crippen molar-refractivity contribution in [2.75, 3.05) is 6.54 Å². The molecule has 1 aliphatic heterocycles. The van der Waals surface area contributed by atoms with Gasteiger partial charge < -0.3 is 19.3 Å². The van der Waals surface area contributed by atoms with E-state index in [1.165, 1.54) is 0 Å². The molecule has 3 atom stereocenters. The minimum atomic E-state index is -0.536. The predicted molar refractivity (Wildman–Crippen MR) is 138 cm³/mol. The second-order valence-electron chi connectivity index (χ2n) is 11.2. The molecule has 1 saturated carbocycles. The van der Waals surface area contributed by atoms with Gasteiger partial charge in [0.25, 0.3) is 5.56 Å². The Morgan fingerprint density at radius 2 is 2.03 bits per heavy atom. The maximum Gasteiger partial charge on any atom is 0.410 e. The number of aryl methyl sites for hydroxylation is 2. The Morgan fingerprint density at radius 1 is 1.24 bits per heavy atom. The lowest BCUT2D eigenvalue weighted by atomic mass is 10.0. The Morgan fingerprint density at radius 3 is 2.73 bits per heavy atom. The molecule has 1 saturated heterocycles. The molecule has 10 nitrogen and oxygen atoms in total. The summed E-state index contributed by atoms with van der Waals surface area (Å²) in [6.07, 6.45) is 6.50. The Balaban J connectivity index is 1.30. The second-order valence-corrected chi connectivity index (χ2v) is 11.2. The number of ether oxygens (including phenoxy) is 1. The smallest absolute Gasteiger partial charge is 0.410 e. The maximum absolute atomic E-state index is 13.5. The van der Waals surface area contributed by atoms with Crippen LogP contribution in [0.15, 0.2) is 35.5 Å². The number of hydrogen-bond acceptors (Lipinski definition) is 7. The number of pyridine rings is 1. The molecule has 1 aromatic carbocycles. The molecule has 2 bridgehead atoms. The highest BCUT2D eigenvalue weighted by Crippen LogP contribution is 2.45. The van der Waals surface area contributed by atoms with E-state index in [4.69, 9.17) is 4.74 Å². The zero-order chi connectivity index (χ0) is 26.2. The van der Waals surface area contributed by atoms with E-state index in [1.54, 1.807) is 26.5 Å². The van der Waals surface area contributed by atoms with Crippen LogP contribution in [0.25, 0.3) is 33.2 Å². The van der Waals surface area contributed by atoms with Crippen molar-refractivity contribution in [1.29, 1.82) is 0 Å². The van der Waals surface area contributed by atoms with E-state index in [2.05, 4.69) is 15.1 Å². The first-order valence-corrected chi connectivity index (χ1v) is 12.5. The van der Waals surface area contributed by atoms with Crippen molar-refractivity contribution in [3.05, 3.63) is 46.6 Å². The van der Waals surface area contributed by atoms with Gasteiger partial charge in [0, 0.05) is 55.2 Å². The minimum absolute atomic E-state index is 0.0138. The molecule has 2 unspecified atom stereocenters. The Kier molecular flexibility index (Phi) is 5.09. The van der Waals surface area contributed by atoms with Crippen molar-refractivity contribution in [3.63, 3.8) is 0 Å². The van der Waals surface area contributed by atoms with Gasteiger partial charge in [-0.2, -0.15) is 5.10 Å². The number of phenolic OH excluding ortho intramolecular Hbond substituents is 1. The van der Waals surface area contributed by atoms with Crippen LogP contribution in [-0.2, 0) is 11.8 Å². The summed E-state index contributed by atoms with van der Waals surface area (Å²) in [5.41, 5.74) is 1.72. The Labute approximate surface area is 213 Å². The molecule has 37 heavy (non-hydrogen) atoms. The number of aromatic nitrogens is 5. The van der Waals surface area contributed by atoms with Crippen LogP contribution < -0.4 is 5.56 Å². The van der Waals surface area contributed by atoms with Crippen molar-refractivity contribution < 1.29 is 14.6 Å². The number of nitrogens with zero attached hydrogens (tertiary/aromatic N) is 6. The summed E-state index contributed by atoms with van der Waals surface area (Å²) in [4.78, 5) is 36.9. The Hall–Kier alpha value is -3.95. The standard InChI is InChI=1S/C27H30N6O4/c1-14-22-16(12-31(5)30-22)9-18(23(14)34)24-28-11-19-20(29-24)6-7-32(25(19)35)21-10-17-8-15(21)13-33(17)26(36)37-27(2,3)4/h6-7,9,11-12,15,17,21,34H,8,10,13H2,1-5H3/t15-,17?,21?/m1/s1. The minimum Gasteiger partial charge on any atom is -0.507 e. The molecule has 0 spiro atoms. The van der Waals surface area contributed by atoms with E-state index < -0.39 is 5.60 Å². The van der Waals surface area contributed by atoms with Crippen LogP contribution in [0.2, 0.25) is 0 Å². The van der Waals surface area contributed by atoms with Gasteiger partial charge >= 0.3 is 6.09 Å². The number of hydrogen-bond donors (Lipinski definition) is 1. The van der Waals surface area contributed by atoms with Gasteiger partial charge in [-0.3, -0.25) is 9.48 Å². The second kappa shape index (κ2) is 8.03. The fourth-order valence-electron chi connectivity index (χ4n) is 5.86. The quantitative estimate of drug-likeness (QED) is 0.442. The molecule has 4 heterocycles. The number of phenols is 1. The van der Waals surface area contributed by atoms with E-state index >= 15 is 0 Å². The number of piperidine rings is 1. The highest BCUT2D eigenvalue weighted by molar-refractivity contribution is 5.90. The zero-order valence-electron chi connectivity index (χ0n) is 21.6. The first-order chi connectivity index (χ1) is 17.5. The fraction of sp³-hybridized carbons (Fsp3) is 0.444. The van der Waals surface area contributed by atoms with Crippen molar-refractivity contribution >= 4 is 27.9 Å². The first-order valence-electron chi connectivity index (χ1n) is 12.5. The number of fused-ring (bicyclic) bond motifs is 4. The van der Waals surface area contributed by atoms with Crippen molar-refractivity contribution in [1.82, 2.24) is 29.2 Å². The van der Waals surface area contributed by atoms with Gasteiger partial charge in [-0.25, -0.2) is 14.8 Å². The largest absolute Gasteiger partial charge is 0.507 e. The number of carbonyl (C=O) groups excluding carboxylic acids is 1. The fourth-order valence-corrected chi connectivity index (χ4v) is 5.86. The lowest BCUT2D eigenvalue weighted by Crippen LogP contribution is -2.44. The average Bonchev–Trinajstić information content (AvgIpc) is 3.54.